The Bertz CT molecular complexity index is 1050. The van der Waals surface area contributed by atoms with Crippen LogP contribution in [0.5, 0.6) is 0 Å². The molecule has 3 rings (SSSR count). The van der Waals surface area contributed by atoms with Gasteiger partial charge in [0.25, 0.3) is 11.8 Å². The monoisotopic (exact) mass is 416 g/mol. The van der Waals surface area contributed by atoms with Gasteiger partial charge in [-0.3, -0.25) is 9.59 Å². The van der Waals surface area contributed by atoms with E-state index in [2.05, 4.69) is 15.8 Å². The van der Waals surface area contributed by atoms with Crippen LogP contribution in [0, 0.1) is 0 Å². The Morgan fingerprint density at radius 2 is 1.55 bits per heavy atom. The number of anilines is 1. The summed E-state index contributed by atoms with van der Waals surface area (Å²) in [4.78, 5) is 30.1. The highest BCUT2D eigenvalue weighted by Gasteiger charge is 2.16. The van der Waals surface area contributed by atoms with E-state index in [-0.39, 0.29) is 24.4 Å². The molecule has 1 unspecified atom stereocenters. The van der Waals surface area contributed by atoms with Crippen LogP contribution in [0.2, 0.25) is 0 Å². The lowest BCUT2D eigenvalue weighted by molar-refractivity contribution is -0.120. The van der Waals surface area contributed by atoms with Crippen molar-refractivity contribution in [3.8, 4) is 0 Å². The Morgan fingerprint density at radius 1 is 0.935 bits per heavy atom. The smallest absolute Gasteiger partial charge is 0.265 e. The molecule has 7 nitrogen and oxygen atoms in total. The zero-order valence-corrected chi connectivity index (χ0v) is 17.1. The second-order valence-corrected chi connectivity index (χ2v) is 6.82. The lowest BCUT2D eigenvalue weighted by atomic mass is 10.1. The summed E-state index contributed by atoms with van der Waals surface area (Å²) >= 11 is 0. The fraction of sp³-hybridized carbons (Fsp3) is 0.125. The highest BCUT2D eigenvalue weighted by Crippen LogP contribution is 2.18. The largest absolute Gasteiger partial charge is 0.384 e. The summed E-state index contributed by atoms with van der Waals surface area (Å²) in [5, 5.41) is 9.39. The maximum absolute atomic E-state index is 12.8. The van der Waals surface area contributed by atoms with Gasteiger partial charge in [-0.05, 0) is 24.6 Å². The number of nitrogens with one attached hydrogen (secondary N) is 2. The van der Waals surface area contributed by atoms with Gasteiger partial charge >= 0.3 is 0 Å². The number of para-hydroxylation sites is 1. The van der Waals surface area contributed by atoms with Crippen LogP contribution in [0.1, 0.15) is 34.5 Å². The van der Waals surface area contributed by atoms with Crippen LogP contribution in [0.15, 0.2) is 90.1 Å². The molecule has 0 spiro atoms. The summed E-state index contributed by atoms with van der Waals surface area (Å²) in [6, 6.07) is 25.3. The maximum Gasteiger partial charge on any atom is 0.265 e. The van der Waals surface area contributed by atoms with Gasteiger partial charge in [-0.1, -0.05) is 78.0 Å². The van der Waals surface area contributed by atoms with E-state index >= 15 is 0 Å². The van der Waals surface area contributed by atoms with Crippen molar-refractivity contribution in [3.05, 3.63) is 102 Å². The first kappa shape index (κ1) is 21.6. The molecule has 0 radical (unpaired) electrons. The highest BCUT2D eigenvalue weighted by molar-refractivity contribution is 6.04. The van der Waals surface area contributed by atoms with Gasteiger partial charge in [0.2, 0.25) is 0 Å². The topological polar surface area (TPSA) is 106 Å². The van der Waals surface area contributed by atoms with Crippen LogP contribution in [-0.4, -0.2) is 24.3 Å². The summed E-state index contributed by atoms with van der Waals surface area (Å²) in [5.74, 6) is -0.580. The first-order valence-electron chi connectivity index (χ1n) is 9.80. The van der Waals surface area contributed by atoms with Gasteiger partial charge in [0, 0.05) is 5.56 Å². The molecule has 7 heteroatoms. The number of carbonyl (C=O) groups is 2. The number of nitrogens with zero attached hydrogens (tertiary/aromatic N) is 1. The Hall–Kier alpha value is -4.13. The fourth-order valence-corrected chi connectivity index (χ4v) is 2.90. The first-order chi connectivity index (χ1) is 15.0. The number of hydrogen-bond donors (Lipinski definition) is 3. The second kappa shape index (κ2) is 10.6. The lowest BCUT2D eigenvalue weighted by Crippen LogP contribution is -2.28. The van der Waals surface area contributed by atoms with Gasteiger partial charge in [-0.15, -0.1) is 0 Å². The minimum absolute atomic E-state index is 0.170. The third kappa shape index (κ3) is 6.17. The van der Waals surface area contributed by atoms with Crippen LogP contribution in [0.4, 0.5) is 5.69 Å². The van der Waals surface area contributed by atoms with E-state index in [9.17, 15) is 9.59 Å². The number of hydrogen-bond acceptors (Lipinski definition) is 4. The van der Waals surface area contributed by atoms with Crippen molar-refractivity contribution in [1.29, 1.82) is 0 Å². The van der Waals surface area contributed by atoms with E-state index in [1.165, 1.54) is 0 Å². The van der Waals surface area contributed by atoms with E-state index in [1.54, 1.807) is 36.4 Å². The molecule has 31 heavy (non-hydrogen) atoms. The molecule has 4 N–H and O–H groups in total. The zero-order valence-electron chi connectivity index (χ0n) is 17.1. The molecule has 0 fully saturated rings. The van der Waals surface area contributed by atoms with Crippen molar-refractivity contribution in [2.75, 3.05) is 11.9 Å². The quantitative estimate of drug-likeness (QED) is 0.297. The molecule has 0 aliphatic heterocycles. The Balaban J connectivity index is 1.59. The zero-order chi connectivity index (χ0) is 22.1. The molecule has 1 atom stereocenters. The molecule has 0 heterocycles. The third-order valence-corrected chi connectivity index (χ3v) is 4.52. The minimum Gasteiger partial charge on any atom is -0.384 e. The normalized spacial score (nSPS) is 12.0. The Morgan fingerprint density at radius 3 is 2.26 bits per heavy atom. The van der Waals surface area contributed by atoms with Gasteiger partial charge in [-0.25, -0.2) is 0 Å². The summed E-state index contributed by atoms with van der Waals surface area (Å²) in [6.07, 6.45) is 0. The summed E-state index contributed by atoms with van der Waals surface area (Å²) in [6.45, 7) is 1.56. The number of oxime groups is 1. The predicted octanol–water partition coefficient (Wildman–Crippen LogP) is 3.45. The molecule has 0 aliphatic rings. The Labute approximate surface area is 180 Å². The number of carbonyl (C=O) groups excluding carboxylic acids is 2. The third-order valence-electron chi connectivity index (χ3n) is 4.52. The van der Waals surface area contributed by atoms with Crippen LogP contribution < -0.4 is 16.4 Å². The molecule has 0 bridgehead atoms. The van der Waals surface area contributed by atoms with Crippen LogP contribution in [0.25, 0.3) is 0 Å². The van der Waals surface area contributed by atoms with Gasteiger partial charge < -0.3 is 21.2 Å². The Kier molecular flexibility index (Phi) is 7.37. The van der Waals surface area contributed by atoms with Crippen LogP contribution >= 0.6 is 0 Å². The van der Waals surface area contributed by atoms with E-state index < -0.39 is 5.91 Å². The number of amidine groups is 1. The lowest BCUT2D eigenvalue weighted by Gasteiger charge is -2.16. The number of nitrogens with two attached hydrogens (primary N) is 1. The molecule has 0 aromatic heterocycles. The predicted molar refractivity (Wildman–Crippen MR) is 121 cm³/mol. The minimum atomic E-state index is -0.457. The van der Waals surface area contributed by atoms with Gasteiger partial charge in [0.05, 0.1) is 17.3 Å². The molecule has 0 aliphatic carbocycles. The second-order valence-electron chi connectivity index (χ2n) is 6.82. The van der Waals surface area contributed by atoms with E-state index in [0.29, 0.717) is 16.8 Å². The SMILES string of the molecule is CC(NC(=O)c1ccccc1NC(=O)CO/N=C(\N)c1ccccc1)c1ccccc1. The molecule has 3 aromatic carbocycles. The standard InChI is InChI=1S/C24H24N4O3/c1-17(18-10-4-2-5-11-18)26-24(30)20-14-8-9-15-21(20)27-22(29)16-31-28-23(25)19-12-6-3-7-13-19/h2-15,17H,16H2,1H3,(H2,25,28)(H,26,30)(H,27,29). The van der Waals surface area contributed by atoms with E-state index in [1.807, 2.05) is 55.5 Å². The van der Waals surface area contributed by atoms with E-state index in [4.69, 9.17) is 10.6 Å². The molecule has 0 saturated carbocycles. The molecule has 158 valence electrons. The van der Waals surface area contributed by atoms with Crippen LogP contribution in [-0.2, 0) is 9.63 Å². The van der Waals surface area contributed by atoms with Gasteiger partial charge in [0.1, 0.15) is 0 Å². The van der Waals surface area contributed by atoms with Crippen molar-refractivity contribution >= 4 is 23.3 Å². The molecular formula is C24H24N4O3. The molecule has 2 amide bonds. The highest BCUT2D eigenvalue weighted by atomic mass is 16.6. The molecule has 3 aromatic rings. The van der Waals surface area contributed by atoms with Crippen molar-refractivity contribution in [2.45, 2.75) is 13.0 Å². The van der Waals surface area contributed by atoms with Gasteiger partial charge in [0.15, 0.2) is 12.4 Å². The number of rotatable bonds is 8. The van der Waals surface area contributed by atoms with Crippen molar-refractivity contribution in [2.24, 2.45) is 10.9 Å². The number of amides is 2. The summed E-state index contributed by atoms with van der Waals surface area (Å²) in [7, 11) is 0. The molecular weight excluding hydrogens is 392 g/mol. The number of benzene rings is 3. The first-order valence-corrected chi connectivity index (χ1v) is 9.80. The molecule has 0 saturated heterocycles. The van der Waals surface area contributed by atoms with E-state index in [0.717, 1.165) is 5.56 Å². The van der Waals surface area contributed by atoms with Crippen LogP contribution in [0.3, 0.4) is 0 Å². The van der Waals surface area contributed by atoms with Gasteiger partial charge in [-0.2, -0.15) is 0 Å². The summed E-state index contributed by atoms with van der Waals surface area (Å²) in [5.41, 5.74) is 8.25. The average molecular weight is 416 g/mol. The average Bonchev–Trinajstić information content (AvgIpc) is 2.80. The van der Waals surface area contributed by atoms with Crippen molar-refractivity contribution in [3.63, 3.8) is 0 Å². The summed E-state index contributed by atoms with van der Waals surface area (Å²) < 4.78 is 0. The fourth-order valence-electron chi connectivity index (χ4n) is 2.90. The van der Waals surface area contributed by atoms with Crippen molar-refractivity contribution in [1.82, 2.24) is 5.32 Å². The maximum atomic E-state index is 12.8. The van der Waals surface area contributed by atoms with Crippen molar-refractivity contribution < 1.29 is 14.4 Å².